The average Bonchev–Trinajstić information content (AvgIpc) is 3.10. The largest absolute Gasteiger partial charge is 0.382 e. The molecule has 0 spiro atoms. The second kappa shape index (κ2) is 4.74. The van der Waals surface area contributed by atoms with Gasteiger partial charge in [0.25, 0.3) is 5.91 Å². The number of carbonyl (C=O) groups is 1. The predicted molar refractivity (Wildman–Crippen MR) is 70.0 cm³/mol. The smallest absolute Gasteiger partial charge is 0.258 e. The lowest BCUT2D eigenvalue weighted by Gasteiger charge is -2.27. The van der Waals surface area contributed by atoms with E-state index in [1.165, 1.54) is 11.5 Å². The third kappa shape index (κ3) is 2.28. The second-order valence-corrected chi connectivity index (χ2v) is 5.35. The molecule has 2 heterocycles. The van der Waals surface area contributed by atoms with Gasteiger partial charge in [-0.05, 0) is 24.4 Å². The number of hydrogen-bond donors (Lipinski definition) is 2. The summed E-state index contributed by atoms with van der Waals surface area (Å²) in [6.07, 6.45) is 2.13. The Morgan fingerprint density at radius 3 is 2.83 bits per heavy atom. The molecule has 7 heteroatoms. The van der Waals surface area contributed by atoms with Crippen LogP contribution in [-0.2, 0) is 4.74 Å². The van der Waals surface area contributed by atoms with Gasteiger partial charge in [-0.3, -0.25) is 4.79 Å². The highest BCUT2D eigenvalue weighted by molar-refractivity contribution is 7.11. The minimum Gasteiger partial charge on any atom is -0.382 e. The predicted octanol–water partition coefficient (Wildman–Crippen LogP) is 0.454. The summed E-state index contributed by atoms with van der Waals surface area (Å²) in [4.78, 5) is 14.3. The Labute approximate surface area is 109 Å². The lowest BCUT2D eigenvalue weighted by molar-refractivity contribution is 0.0951. The molecule has 1 aliphatic carbocycles. The van der Waals surface area contributed by atoms with Crippen molar-refractivity contribution in [3.05, 3.63) is 5.56 Å². The highest BCUT2D eigenvalue weighted by Gasteiger charge is 2.29. The maximum Gasteiger partial charge on any atom is 0.258 e. The van der Waals surface area contributed by atoms with E-state index in [1.807, 2.05) is 0 Å². The number of aromatic nitrogens is 1. The number of nitrogens with zero attached hydrogens (tertiary/aromatic N) is 2. The number of rotatable bonds is 3. The van der Waals surface area contributed by atoms with E-state index in [4.69, 9.17) is 10.5 Å². The summed E-state index contributed by atoms with van der Waals surface area (Å²) < 4.78 is 9.43. The van der Waals surface area contributed by atoms with E-state index in [0.29, 0.717) is 30.6 Å². The number of amides is 1. The fourth-order valence-electron chi connectivity index (χ4n) is 1.97. The Kier molecular flexibility index (Phi) is 3.09. The highest BCUT2D eigenvalue weighted by atomic mass is 32.1. The van der Waals surface area contributed by atoms with Gasteiger partial charge in [-0.15, -0.1) is 0 Å². The van der Waals surface area contributed by atoms with Crippen molar-refractivity contribution in [3.63, 3.8) is 0 Å². The number of anilines is 2. The Balaban J connectivity index is 1.82. The fraction of sp³-hybridized carbons (Fsp3) is 0.636. The third-order valence-corrected chi connectivity index (χ3v) is 4.06. The molecule has 3 rings (SSSR count). The second-order valence-electron chi connectivity index (χ2n) is 4.60. The Morgan fingerprint density at radius 1 is 1.44 bits per heavy atom. The first-order chi connectivity index (χ1) is 8.75. The molecule has 1 saturated carbocycles. The number of nitrogens with two attached hydrogens (primary N) is 1. The normalized spacial score (nSPS) is 19.9. The van der Waals surface area contributed by atoms with E-state index in [-0.39, 0.29) is 5.91 Å². The van der Waals surface area contributed by atoms with Gasteiger partial charge < -0.3 is 20.7 Å². The first-order valence-corrected chi connectivity index (χ1v) is 6.92. The third-order valence-electron chi connectivity index (χ3n) is 3.14. The number of nitrogen functional groups attached to an aromatic ring is 1. The molecule has 2 fully saturated rings. The Morgan fingerprint density at radius 2 is 2.17 bits per heavy atom. The van der Waals surface area contributed by atoms with Crippen molar-refractivity contribution < 1.29 is 9.53 Å². The van der Waals surface area contributed by atoms with Crippen molar-refractivity contribution in [3.8, 4) is 0 Å². The van der Waals surface area contributed by atoms with Gasteiger partial charge >= 0.3 is 0 Å². The van der Waals surface area contributed by atoms with E-state index >= 15 is 0 Å². The molecule has 1 amide bonds. The van der Waals surface area contributed by atoms with Crippen LogP contribution in [0.25, 0.3) is 0 Å². The standard InChI is InChI=1S/C11H16N4O2S/c12-9-8(10(16)13-7-1-2-7)11(18-14-9)15-3-5-17-6-4-15/h7H,1-6H2,(H2,12,14)(H,13,16). The summed E-state index contributed by atoms with van der Waals surface area (Å²) in [6, 6.07) is 0.328. The van der Waals surface area contributed by atoms with E-state index in [0.717, 1.165) is 30.9 Å². The number of hydrogen-bond acceptors (Lipinski definition) is 6. The van der Waals surface area contributed by atoms with Crippen LogP contribution in [0.4, 0.5) is 10.8 Å². The van der Waals surface area contributed by atoms with Crippen molar-refractivity contribution in [2.24, 2.45) is 0 Å². The van der Waals surface area contributed by atoms with Gasteiger partial charge in [-0.25, -0.2) is 0 Å². The molecule has 1 aliphatic heterocycles. The lowest BCUT2D eigenvalue weighted by Crippen LogP contribution is -2.37. The molecule has 1 aromatic heterocycles. The molecule has 1 saturated heterocycles. The molecule has 0 unspecified atom stereocenters. The fourth-order valence-corrected chi connectivity index (χ4v) is 2.84. The minimum atomic E-state index is -0.0924. The summed E-state index contributed by atoms with van der Waals surface area (Å²) in [5.41, 5.74) is 6.36. The monoisotopic (exact) mass is 268 g/mol. The zero-order valence-corrected chi connectivity index (χ0v) is 10.8. The van der Waals surface area contributed by atoms with Crippen LogP contribution < -0.4 is 16.0 Å². The van der Waals surface area contributed by atoms with Gasteiger partial charge in [0, 0.05) is 19.1 Å². The van der Waals surface area contributed by atoms with Gasteiger partial charge in [0.1, 0.15) is 10.6 Å². The molecule has 1 aromatic rings. The van der Waals surface area contributed by atoms with Crippen LogP contribution in [0, 0.1) is 0 Å². The molecule has 2 aliphatic rings. The Bertz CT molecular complexity index is 452. The maximum absolute atomic E-state index is 12.2. The summed E-state index contributed by atoms with van der Waals surface area (Å²) in [5, 5.41) is 3.84. The number of ether oxygens (including phenoxy) is 1. The van der Waals surface area contributed by atoms with E-state index in [9.17, 15) is 4.79 Å². The molecule has 18 heavy (non-hydrogen) atoms. The van der Waals surface area contributed by atoms with Crippen LogP contribution >= 0.6 is 11.5 Å². The first-order valence-electron chi connectivity index (χ1n) is 6.14. The van der Waals surface area contributed by atoms with Gasteiger partial charge in [0.2, 0.25) is 0 Å². The van der Waals surface area contributed by atoms with Gasteiger partial charge in [-0.2, -0.15) is 4.37 Å². The van der Waals surface area contributed by atoms with E-state index < -0.39 is 0 Å². The van der Waals surface area contributed by atoms with Crippen LogP contribution in [-0.4, -0.2) is 42.6 Å². The van der Waals surface area contributed by atoms with Crippen molar-refractivity contribution in [1.29, 1.82) is 0 Å². The van der Waals surface area contributed by atoms with Crippen molar-refractivity contribution >= 4 is 28.3 Å². The molecule has 0 radical (unpaired) electrons. The van der Waals surface area contributed by atoms with Crippen molar-refractivity contribution in [1.82, 2.24) is 9.69 Å². The number of morpholine rings is 1. The minimum absolute atomic E-state index is 0.0924. The average molecular weight is 268 g/mol. The summed E-state index contributed by atoms with van der Waals surface area (Å²) in [5.74, 6) is 0.241. The molecule has 0 aromatic carbocycles. The SMILES string of the molecule is Nc1nsc(N2CCOCC2)c1C(=O)NC1CC1. The van der Waals surface area contributed by atoms with Crippen molar-refractivity contribution in [2.45, 2.75) is 18.9 Å². The molecular formula is C11H16N4O2S. The quantitative estimate of drug-likeness (QED) is 0.832. The molecule has 3 N–H and O–H groups in total. The van der Waals surface area contributed by atoms with Gasteiger partial charge in [0.15, 0.2) is 5.82 Å². The zero-order valence-electron chi connectivity index (χ0n) is 10.0. The zero-order chi connectivity index (χ0) is 12.5. The van der Waals surface area contributed by atoms with Crippen LogP contribution in [0.2, 0.25) is 0 Å². The summed E-state index contributed by atoms with van der Waals surface area (Å²) in [6.45, 7) is 2.93. The van der Waals surface area contributed by atoms with Gasteiger partial charge in [-0.1, -0.05) is 0 Å². The summed E-state index contributed by atoms with van der Waals surface area (Å²) in [7, 11) is 0. The Hall–Kier alpha value is -1.34. The maximum atomic E-state index is 12.2. The van der Waals surface area contributed by atoms with Crippen LogP contribution in [0.3, 0.4) is 0 Å². The molecular weight excluding hydrogens is 252 g/mol. The van der Waals surface area contributed by atoms with Crippen molar-refractivity contribution in [2.75, 3.05) is 36.9 Å². The van der Waals surface area contributed by atoms with Crippen LogP contribution in [0.1, 0.15) is 23.2 Å². The highest BCUT2D eigenvalue weighted by Crippen LogP contribution is 2.32. The number of carbonyl (C=O) groups excluding carboxylic acids is 1. The summed E-state index contributed by atoms with van der Waals surface area (Å²) >= 11 is 1.29. The molecule has 0 bridgehead atoms. The van der Waals surface area contributed by atoms with E-state index in [1.54, 1.807) is 0 Å². The number of nitrogens with one attached hydrogen (secondary N) is 1. The van der Waals surface area contributed by atoms with Crippen LogP contribution in [0.5, 0.6) is 0 Å². The van der Waals surface area contributed by atoms with Gasteiger partial charge in [0.05, 0.1) is 13.2 Å². The van der Waals surface area contributed by atoms with Crippen LogP contribution in [0.15, 0.2) is 0 Å². The molecule has 98 valence electrons. The molecule has 6 nitrogen and oxygen atoms in total. The van der Waals surface area contributed by atoms with E-state index in [2.05, 4.69) is 14.6 Å². The topological polar surface area (TPSA) is 80.5 Å². The first kappa shape index (κ1) is 11.7. The molecule has 0 atom stereocenters. The lowest BCUT2D eigenvalue weighted by atomic mass is 10.2.